The molecule has 112 valence electrons. The molecule has 0 fully saturated rings. The zero-order valence-corrected chi connectivity index (χ0v) is 11.0. The van der Waals surface area contributed by atoms with Gasteiger partial charge >= 0.3 is 6.18 Å². The topological polar surface area (TPSA) is 47.8 Å². The van der Waals surface area contributed by atoms with Crippen molar-refractivity contribution in [1.82, 2.24) is 15.0 Å². The summed E-state index contributed by atoms with van der Waals surface area (Å²) in [7, 11) is 0. The molecular weight excluding hydrogens is 290 g/mol. The number of benzene rings is 1. The average molecular weight is 301 g/mol. The molecule has 0 N–H and O–H groups in total. The number of aryl methyl sites for hydroxylation is 1. The first-order valence-electron chi connectivity index (χ1n) is 6.14. The van der Waals surface area contributed by atoms with Crippen LogP contribution in [0.5, 0.6) is 0 Å². The monoisotopic (exact) mass is 301 g/mol. The van der Waals surface area contributed by atoms with E-state index in [0.717, 1.165) is 6.20 Å². The fourth-order valence-corrected chi connectivity index (χ4v) is 1.90. The molecule has 8 heteroatoms. The first-order valence-corrected chi connectivity index (χ1v) is 6.14. The Morgan fingerprint density at radius 1 is 1.33 bits per heavy atom. The fraction of sp³-hybridized carbons (Fsp3) is 0.308. The van der Waals surface area contributed by atoms with Gasteiger partial charge in [-0.15, -0.1) is 5.10 Å². The molecular formula is C13H11F4N3O. The SMILES string of the molecule is CCCn1nncc1C(=O)c1cc(F)ccc1C(F)(F)F. The smallest absolute Gasteiger partial charge is 0.287 e. The number of halogens is 4. The maximum Gasteiger partial charge on any atom is 0.417 e. The maximum absolute atomic E-state index is 13.2. The van der Waals surface area contributed by atoms with Crippen LogP contribution in [0.15, 0.2) is 24.4 Å². The second kappa shape index (κ2) is 5.63. The molecule has 0 aliphatic carbocycles. The molecule has 0 bridgehead atoms. The van der Waals surface area contributed by atoms with E-state index in [-0.39, 0.29) is 5.69 Å². The first-order chi connectivity index (χ1) is 9.84. The maximum atomic E-state index is 13.2. The van der Waals surface area contributed by atoms with E-state index in [2.05, 4.69) is 10.3 Å². The summed E-state index contributed by atoms with van der Waals surface area (Å²) in [5, 5.41) is 7.16. The summed E-state index contributed by atoms with van der Waals surface area (Å²) in [6.07, 6.45) is -3.05. The molecule has 1 heterocycles. The van der Waals surface area contributed by atoms with E-state index in [1.165, 1.54) is 4.68 Å². The van der Waals surface area contributed by atoms with E-state index in [1.54, 1.807) is 0 Å². The van der Waals surface area contributed by atoms with Crippen LogP contribution in [0.3, 0.4) is 0 Å². The number of hydrogen-bond donors (Lipinski definition) is 0. The van der Waals surface area contributed by atoms with Gasteiger partial charge in [0.2, 0.25) is 5.78 Å². The van der Waals surface area contributed by atoms with Gasteiger partial charge in [-0.25, -0.2) is 9.07 Å². The highest BCUT2D eigenvalue weighted by Gasteiger charge is 2.36. The van der Waals surface area contributed by atoms with Crippen LogP contribution in [0.25, 0.3) is 0 Å². The third-order valence-electron chi connectivity index (χ3n) is 2.82. The van der Waals surface area contributed by atoms with Crippen molar-refractivity contribution in [3.05, 3.63) is 47.0 Å². The van der Waals surface area contributed by atoms with Crippen molar-refractivity contribution in [3.8, 4) is 0 Å². The standard InChI is InChI=1S/C13H11F4N3O/c1-2-5-20-11(7-18-19-20)12(21)9-6-8(14)3-4-10(9)13(15,16)17/h3-4,6-7H,2,5H2,1H3. The summed E-state index contributed by atoms with van der Waals surface area (Å²) in [4.78, 5) is 12.3. The van der Waals surface area contributed by atoms with Crippen LogP contribution in [0.2, 0.25) is 0 Å². The number of ketones is 1. The number of rotatable bonds is 4. The molecule has 0 aliphatic heterocycles. The van der Waals surface area contributed by atoms with Crippen LogP contribution in [-0.4, -0.2) is 20.8 Å². The average Bonchev–Trinajstić information content (AvgIpc) is 2.85. The predicted octanol–water partition coefficient (Wildman–Crippen LogP) is 3.08. The molecule has 0 saturated heterocycles. The Morgan fingerprint density at radius 3 is 2.67 bits per heavy atom. The number of carbonyl (C=O) groups excluding carboxylic acids is 1. The first kappa shape index (κ1) is 15.1. The Hall–Kier alpha value is -2.25. The Morgan fingerprint density at radius 2 is 2.05 bits per heavy atom. The minimum atomic E-state index is -4.75. The summed E-state index contributed by atoms with van der Waals surface area (Å²) in [5.41, 5.74) is -2.03. The van der Waals surface area contributed by atoms with E-state index in [9.17, 15) is 22.4 Å². The van der Waals surface area contributed by atoms with Gasteiger partial charge in [0.25, 0.3) is 0 Å². The summed E-state index contributed by atoms with van der Waals surface area (Å²) in [6, 6.07) is 1.80. The van der Waals surface area contributed by atoms with Gasteiger partial charge in [0.05, 0.1) is 11.8 Å². The molecule has 2 rings (SSSR count). The van der Waals surface area contributed by atoms with Crippen LogP contribution < -0.4 is 0 Å². The number of hydrogen-bond acceptors (Lipinski definition) is 3. The van der Waals surface area contributed by atoms with Gasteiger partial charge in [-0.1, -0.05) is 12.1 Å². The third kappa shape index (κ3) is 3.09. The number of nitrogens with zero attached hydrogens (tertiary/aromatic N) is 3. The van der Waals surface area contributed by atoms with Gasteiger partial charge < -0.3 is 0 Å². The molecule has 2 aromatic rings. The molecule has 1 aromatic carbocycles. The van der Waals surface area contributed by atoms with Crippen molar-refractivity contribution in [3.63, 3.8) is 0 Å². The molecule has 0 spiro atoms. The zero-order chi connectivity index (χ0) is 15.6. The van der Waals surface area contributed by atoms with Gasteiger partial charge in [0, 0.05) is 12.1 Å². The van der Waals surface area contributed by atoms with E-state index < -0.39 is 28.9 Å². The molecule has 0 radical (unpaired) electrons. The van der Waals surface area contributed by atoms with Crippen LogP contribution in [-0.2, 0) is 12.7 Å². The number of alkyl halides is 3. The predicted molar refractivity (Wildman–Crippen MR) is 65.1 cm³/mol. The second-order valence-electron chi connectivity index (χ2n) is 4.36. The quantitative estimate of drug-likeness (QED) is 0.644. The lowest BCUT2D eigenvalue weighted by molar-refractivity contribution is -0.137. The Kier molecular flexibility index (Phi) is 4.06. The lowest BCUT2D eigenvalue weighted by Gasteiger charge is -2.12. The fourth-order valence-electron chi connectivity index (χ4n) is 1.90. The van der Waals surface area contributed by atoms with Crippen LogP contribution in [0.1, 0.15) is 35.0 Å². The third-order valence-corrected chi connectivity index (χ3v) is 2.82. The van der Waals surface area contributed by atoms with E-state index in [4.69, 9.17) is 0 Å². The molecule has 1 aromatic heterocycles. The molecule has 0 saturated carbocycles. The number of aromatic nitrogens is 3. The van der Waals surface area contributed by atoms with Crippen molar-refractivity contribution >= 4 is 5.78 Å². The van der Waals surface area contributed by atoms with Gasteiger partial charge in [-0.05, 0) is 24.6 Å². The highest BCUT2D eigenvalue weighted by Crippen LogP contribution is 2.33. The van der Waals surface area contributed by atoms with E-state index in [0.29, 0.717) is 31.2 Å². The molecule has 4 nitrogen and oxygen atoms in total. The summed E-state index contributed by atoms with van der Waals surface area (Å²) < 4.78 is 53.2. The zero-order valence-electron chi connectivity index (χ0n) is 11.0. The van der Waals surface area contributed by atoms with Crippen LogP contribution in [0.4, 0.5) is 17.6 Å². The Balaban J connectivity index is 2.52. The minimum absolute atomic E-state index is 0.104. The van der Waals surface area contributed by atoms with Crippen LogP contribution in [0, 0.1) is 5.82 Å². The molecule has 0 atom stereocenters. The Bertz CT molecular complexity index is 664. The largest absolute Gasteiger partial charge is 0.417 e. The van der Waals surface area contributed by atoms with Crippen molar-refractivity contribution in [2.24, 2.45) is 0 Å². The van der Waals surface area contributed by atoms with E-state index >= 15 is 0 Å². The summed E-state index contributed by atoms with van der Waals surface area (Å²) >= 11 is 0. The summed E-state index contributed by atoms with van der Waals surface area (Å²) in [6.45, 7) is 2.15. The van der Waals surface area contributed by atoms with Gasteiger partial charge in [-0.3, -0.25) is 4.79 Å². The molecule has 0 amide bonds. The molecule has 0 unspecified atom stereocenters. The minimum Gasteiger partial charge on any atom is -0.287 e. The second-order valence-corrected chi connectivity index (χ2v) is 4.36. The van der Waals surface area contributed by atoms with Gasteiger partial charge in [0.1, 0.15) is 11.5 Å². The summed E-state index contributed by atoms with van der Waals surface area (Å²) in [5.74, 6) is -1.87. The number of carbonyl (C=O) groups is 1. The lowest BCUT2D eigenvalue weighted by atomic mass is 10.0. The highest BCUT2D eigenvalue weighted by molar-refractivity contribution is 6.08. The lowest BCUT2D eigenvalue weighted by Crippen LogP contribution is -2.17. The Labute approximate surface area is 117 Å². The normalized spacial score (nSPS) is 11.7. The molecule has 0 aliphatic rings. The van der Waals surface area contributed by atoms with Crippen LogP contribution >= 0.6 is 0 Å². The van der Waals surface area contributed by atoms with Crippen molar-refractivity contribution in [1.29, 1.82) is 0 Å². The van der Waals surface area contributed by atoms with Crippen molar-refractivity contribution < 1.29 is 22.4 Å². The van der Waals surface area contributed by atoms with Gasteiger partial charge in [-0.2, -0.15) is 13.2 Å². The van der Waals surface area contributed by atoms with E-state index in [1.807, 2.05) is 6.92 Å². The van der Waals surface area contributed by atoms with Crippen molar-refractivity contribution in [2.75, 3.05) is 0 Å². The van der Waals surface area contributed by atoms with Gasteiger partial charge in [0.15, 0.2) is 0 Å². The molecule has 21 heavy (non-hydrogen) atoms. The highest BCUT2D eigenvalue weighted by atomic mass is 19.4. The van der Waals surface area contributed by atoms with Crippen molar-refractivity contribution in [2.45, 2.75) is 26.1 Å².